The zero-order chi connectivity index (χ0) is 22.6. The molecule has 0 aliphatic carbocycles. The maximum Gasteiger partial charge on any atom is 0.191 e. The van der Waals surface area contributed by atoms with E-state index in [1.54, 1.807) is 0 Å². The maximum atomic E-state index is 13.6. The van der Waals surface area contributed by atoms with Gasteiger partial charge < -0.3 is 24.8 Å². The third-order valence-corrected chi connectivity index (χ3v) is 4.96. The highest BCUT2D eigenvalue weighted by molar-refractivity contribution is 14.0. The van der Waals surface area contributed by atoms with Gasteiger partial charge in [-0.05, 0) is 43.0 Å². The lowest BCUT2D eigenvalue weighted by Gasteiger charge is -2.22. The number of nitrogens with zero attached hydrogens (tertiary/aromatic N) is 1. The molecule has 33 heavy (non-hydrogen) atoms. The summed E-state index contributed by atoms with van der Waals surface area (Å²) >= 11 is 0. The van der Waals surface area contributed by atoms with Crippen LogP contribution in [0.25, 0.3) is 0 Å². The van der Waals surface area contributed by atoms with Crippen molar-refractivity contribution < 1.29 is 23.0 Å². The molecular formula is C24H32F2IN3O3. The van der Waals surface area contributed by atoms with Crippen molar-refractivity contribution in [2.24, 2.45) is 4.99 Å². The molecule has 0 radical (unpaired) electrons. The second-order valence-electron chi connectivity index (χ2n) is 7.49. The van der Waals surface area contributed by atoms with Crippen molar-refractivity contribution in [2.75, 3.05) is 32.9 Å². The summed E-state index contributed by atoms with van der Waals surface area (Å²) in [6.07, 6.45) is 2.15. The molecule has 1 aliphatic heterocycles. The first-order valence-electron chi connectivity index (χ1n) is 11.0. The van der Waals surface area contributed by atoms with Crippen molar-refractivity contribution in [3.05, 3.63) is 65.2 Å². The molecule has 0 saturated carbocycles. The molecule has 182 valence electrons. The number of nitrogens with one attached hydrogen (secondary N) is 2. The highest BCUT2D eigenvalue weighted by Gasteiger charge is 2.14. The molecule has 0 spiro atoms. The maximum absolute atomic E-state index is 13.6. The second-order valence-corrected chi connectivity index (χ2v) is 7.49. The first-order valence-corrected chi connectivity index (χ1v) is 11.0. The first kappa shape index (κ1) is 27.3. The van der Waals surface area contributed by atoms with Gasteiger partial charge in [0.25, 0.3) is 0 Å². The van der Waals surface area contributed by atoms with Crippen LogP contribution in [-0.4, -0.2) is 45.0 Å². The van der Waals surface area contributed by atoms with Gasteiger partial charge in [-0.25, -0.2) is 13.8 Å². The van der Waals surface area contributed by atoms with Gasteiger partial charge >= 0.3 is 0 Å². The fourth-order valence-corrected chi connectivity index (χ4v) is 3.31. The number of benzene rings is 2. The van der Waals surface area contributed by atoms with Crippen LogP contribution in [0.1, 0.15) is 30.9 Å². The molecule has 1 aliphatic rings. The SMILES string of the molecule is CCNC(=NCc1cccc(COC2CCOCC2)c1)NCCOc1ccc(F)cc1F.I. The first-order chi connectivity index (χ1) is 15.6. The van der Waals surface area contributed by atoms with E-state index in [2.05, 4.69) is 27.8 Å². The number of guanidine groups is 1. The Morgan fingerprint density at radius 1 is 1.09 bits per heavy atom. The smallest absolute Gasteiger partial charge is 0.191 e. The highest BCUT2D eigenvalue weighted by atomic mass is 127. The lowest BCUT2D eigenvalue weighted by atomic mass is 10.1. The second kappa shape index (κ2) is 15.0. The topological polar surface area (TPSA) is 64.1 Å². The van der Waals surface area contributed by atoms with Crippen LogP contribution in [0.4, 0.5) is 8.78 Å². The Hall–Kier alpha value is -1.98. The van der Waals surface area contributed by atoms with Gasteiger partial charge in [0.2, 0.25) is 0 Å². The Kier molecular flexibility index (Phi) is 12.4. The summed E-state index contributed by atoms with van der Waals surface area (Å²) in [5.41, 5.74) is 2.21. The molecule has 0 amide bonds. The average molecular weight is 575 g/mol. The summed E-state index contributed by atoms with van der Waals surface area (Å²) in [4.78, 5) is 4.61. The lowest BCUT2D eigenvalue weighted by molar-refractivity contribution is -0.0390. The van der Waals surface area contributed by atoms with E-state index in [1.165, 1.54) is 12.1 Å². The summed E-state index contributed by atoms with van der Waals surface area (Å²) in [5.74, 6) is -0.686. The van der Waals surface area contributed by atoms with Crippen molar-refractivity contribution in [1.29, 1.82) is 0 Å². The molecular weight excluding hydrogens is 543 g/mol. The van der Waals surface area contributed by atoms with Crippen LogP contribution >= 0.6 is 24.0 Å². The van der Waals surface area contributed by atoms with E-state index in [1.807, 2.05) is 19.1 Å². The van der Waals surface area contributed by atoms with Gasteiger partial charge in [0.05, 0.1) is 25.8 Å². The van der Waals surface area contributed by atoms with E-state index in [0.717, 1.165) is 43.2 Å². The molecule has 1 fully saturated rings. The van der Waals surface area contributed by atoms with Crippen molar-refractivity contribution in [1.82, 2.24) is 10.6 Å². The Labute approximate surface area is 211 Å². The molecule has 6 nitrogen and oxygen atoms in total. The Morgan fingerprint density at radius 3 is 2.64 bits per heavy atom. The van der Waals surface area contributed by atoms with E-state index in [4.69, 9.17) is 14.2 Å². The summed E-state index contributed by atoms with van der Waals surface area (Å²) in [7, 11) is 0. The minimum Gasteiger partial charge on any atom is -0.489 e. The minimum atomic E-state index is -0.716. The molecule has 3 rings (SSSR count). The number of aliphatic imine (C=N–C) groups is 1. The molecule has 2 aromatic carbocycles. The molecule has 0 unspecified atom stereocenters. The Bertz CT molecular complexity index is 880. The largest absolute Gasteiger partial charge is 0.489 e. The van der Waals surface area contributed by atoms with E-state index in [9.17, 15) is 8.78 Å². The molecule has 1 saturated heterocycles. The van der Waals surface area contributed by atoms with Crippen LogP contribution < -0.4 is 15.4 Å². The fourth-order valence-electron chi connectivity index (χ4n) is 3.31. The summed E-state index contributed by atoms with van der Waals surface area (Å²) < 4.78 is 43.3. The number of ether oxygens (including phenoxy) is 3. The average Bonchev–Trinajstić information content (AvgIpc) is 2.81. The summed E-state index contributed by atoms with van der Waals surface area (Å²) in [6.45, 7) is 5.94. The zero-order valence-electron chi connectivity index (χ0n) is 18.8. The van der Waals surface area contributed by atoms with E-state index < -0.39 is 11.6 Å². The Morgan fingerprint density at radius 2 is 1.88 bits per heavy atom. The molecule has 0 bridgehead atoms. The van der Waals surface area contributed by atoms with Gasteiger partial charge in [-0.2, -0.15) is 0 Å². The van der Waals surface area contributed by atoms with Crippen LogP contribution in [0.2, 0.25) is 0 Å². The highest BCUT2D eigenvalue weighted by Crippen LogP contribution is 2.17. The van der Waals surface area contributed by atoms with Gasteiger partial charge in [0, 0.05) is 25.8 Å². The van der Waals surface area contributed by atoms with Crippen LogP contribution in [0.3, 0.4) is 0 Å². The molecule has 1 heterocycles. The van der Waals surface area contributed by atoms with Gasteiger partial charge in [-0.1, -0.05) is 24.3 Å². The van der Waals surface area contributed by atoms with E-state index in [0.29, 0.717) is 32.2 Å². The quantitative estimate of drug-likeness (QED) is 0.190. The third kappa shape index (κ3) is 9.81. The minimum absolute atomic E-state index is 0. The summed E-state index contributed by atoms with van der Waals surface area (Å²) in [6, 6.07) is 11.5. The predicted octanol–water partition coefficient (Wildman–Crippen LogP) is 4.41. The summed E-state index contributed by atoms with van der Waals surface area (Å²) in [5, 5.41) is 6.33. The number of rotatable bonds is 10. The number of halogens is 3. The van der Waals surface area contributed by atoms with Crippen molar-refractivity contribution in [3.63, 3.8) is 0 Å². The molecule has 2 aromatic rings. The van der Waals surface area contributed by atoms with Crippen molar-refractivity contribution in [3.8, 4) is 5.75 Å². The van der Waals surface area contributed by atoms with E-state index >= 15 is 0 Å². The van der Waals surface area contributed by atoms with Gasteiger partial charge in [0.1, 0.15) is 12.4 Å². The van der Waals surface area contributed by atoms with Gasteiger partial charge in [-0.15, -0.1) is 24.0 Å². The molecule has 2 N–H and O–H groups in total. The Balaban J connectivity index is 0.00000385. The molecule has 0 aromatic heterocycles. The molecule has 9 heteroatoms. The zero-order valence-corrected chi connectivity index (χ0v) is 21.1. The van der Waals surface area contributed by atoms with Gasteiger partial charge in [-0.3, -0.25) is 0 Å². The van der Waals surface area contributed by atoms with Crippen LogP contribution in [0.5, 0.6) is 5.75 Å². The van der Waals surface area contributed by atoms with E-state index in [-0.39, 0.29) is 42.4 Å². The predicted molar refractivity (Wildman–Crippen MR) is 135 cm³/mol. The van der Waals surface area contributed by atoms with Crippen LogP contribution in [0.15, 0.2) is 47.5 Å². The van der Waals surface area contributed by atoms with Crippen LogP contribution in [-0.2, 0) is 22.6 Å². The van der Waals surface area contributed by atoms with Crippen LogP contribution in [0, 0.1) is 11.6 Å². The number of hydrogen-bond donors (Lipinski definition) is 2. The standard InChI is InChI=1S/C24H31F2N3O3.HI/c1-2-27-24(28-10-13-31-23-7-6-20(25)15-22(23)26)29-16-18-4-3-5-19(14-18)17-32-21-8-11-30-12-9-21;/h3-7,14-15,21H,2,8-13,16-17H2,1H3,(H2,27,28,29);1H. The van der Waals surface area contributed by atoms with Gasteiger partial charge in [0.15, 0.2) is 17.5 Å². The molecule has 0 atom stereocenters. The third-order valence-electron chi connectivity index (χ3n) is 4.96. The fraction of sp³-hybridized carbons (Fsp3) is 0.458. The van der Waals surface area contributed by atoms with Crippen molar-refractivity contribution in [2.45, 2.75) is 39.0 Å². The normalized spacial score (nSPS) is 14.5. The van der Waals surface area contributed by atoms with Crippen molar-refractivity contribution >= 4 is 29.9 Å². The lowest BCUT2D eigenvalue weighted by Crippen LogP contribution is -2.39. The monoisotopic (exact) mass is 575 g/mol. The number of hydrogen-bond acceptors (Lipinski definition) is 4.